The fourth-order valence-corrected chi connectivity index (χ4v) is 3.28. The second kappa shape index (κ2) is 6.04. The Hall–Kier alpha value is -2.75. The van der Waals surface area contributed by atoms with E-state index in [0.717, 1.165) is 41.4 Å². The molecule has 3 aromatic rings. The summed E-state index contributed by atoms with van der Waals surface area (Å²) in [6.45, 7) is -0.0725. The molecule has 1 heterocycles. The molecule has 0 atom stereocenters. The van der Waals surface area contributed by atoms with E-state index in [1.165, 1.54) is 6.07 Å². The van der Waals surface area contributed by atoms with E-state index in [0.29, 0.717) is 11.1 Å². The van der Waals surface area contributed by atoms with Crippen LogP contribution in [0.15, 0.2) is 48.5 Å². The van der Waals surface area contributed by atoms with Crippen LogP contribution in [0, 0.1) is 5.82 Å². The lowest BCUT2D eigenvalue weighted by Gasteiger charge is -2.12. The number of pyridine rings is 1. The molecule has 0 N–H and O–H groups in total. The Labute approximate surface area is 139 Å². The largest absolute Gasteiger partial charge is 0.457 e. The zero-order valence-corrected chi connectivity index (χ0v) is 13.1. The van der Waals surface area contributed by atoms with Crippen LogP contribution in [0.3, 0.4) is 0 Å². The van der Waals surface area contributed by atoms with E-state index in [9.17, 15) is 9.18 Å². The van der Waals surface area contributed by atoms with Gasteiger partial charge < -0.3 is 4.74 Å². The molecule has 2 aromatic carbocycles. The predicted octanol–water partition coefficient (Wildman–Crippen LogP) is 4.22. The maximum Gasteiger partial charge on any atom is 0.339 e. The molecule has 3 nitrogen and oxygen atoms in total. The molecule has 0 radical (unpaired) electrons. The molecule has 0 fully saturated rings. The summed E-state index contributed by atoms with van der Waals surface area (Å²) in [5.41, 5.74) is 3.72. The molecule has 1 aliphatic carbocycles. The summed E-state index contributed by atoms with van der Waals surface area (Å²) in [6.07, 6.45) is 2.71. The van der Waals surface area contributed by atoms with Gasteiger partial charge in [0.2, 0.25) is 0 Å². The number of rotatable bonds is 3. The third-order valence-corrected chi connectivity index (χ3v) is 4.44. The highest BCUT2D eigenvalue weighted by molar-refractivity contribution is 6.05. The molecule has 0 spiro atoms. The SMILES string of the molecule is O=C(OCc1ccccc1F)c1c2c(nc3ccccc13)CCC2. The van der Waals surface area contributed by atoms with Crippen molar-refractivity contribution in [3.63, 3.8) is 0 Å². The maximum atomic E-state index is 13.7. The van der Waals surface area contributed by atoms with Crippen molar-refractivity contribution in [1.82, 2.24) is 4.98 Å². The molecule has 1 aromatic heterocycles. The van der Waals surface area contributed by atoms with E-state index in [4.69, 9.17) is 4.74 Å². The number of hydrogen-bond donors (Lipinski definition) is 0. The fourth-order valence-electron chi connectivity index (χ4n) is 3.28. The van der Waals surface area contributed by atoms with Gasteiger partial charge in [0, 0.05) is 16.6 Å². The van der Waals surface area contributed by atoms with Gasteiger partial charge >= 0.3 is 5.97 Å². The van der Waals surface area contributed by atoms with Gasteiger partial charge in [0.15, 0.2) is 0 Å². The number of esters is 1. The number of para-hydroxylation sites is 1. The lowest BCUT2D eigenvalue weighted by Crippen LogP contribution is -2.11. The molecule has 0 bridgehead atoms. The number of carbonyl (C=O) groups excluding carboxylic acids is 1. The predicted molar refractivity (Wildman–Crippen MR) is 89.3 cm³/mol. The fraction of sp³-hybridized carbons (Fsp3) is 0.200. The molecule has 4 rings (SSSR count). The van der Waals surface area contributed by atoms with Crippen molar-refractivity contribution in [2.24, 2.45) is 0 Å². The zero-order valence-electron chi connectivity index (χ0n) is 13.1. The summed E-state index contributed by atoms with van der Waals surface area (Å²) in [6, 6.07) is 13.9. The van der Waals surface area contributed by atoms with Crippen molar-refractivity contribution < 1.29 is 13.9 Å². The Morgan fingerprint density at radius 2 is 1.88 bits per heavy atom. The minimum atomic E-state index is -0.407. The molecule has 0 saturated heterocycles. The minimum absolute atomic E-state index is 0.0725. The van der Waals surface area contributed by atoms with Crippen LogP contribution in [0.25, 0.3) is 10.9 Å². The van der Waals surface area contributed by atoms with E-state index in [2.05, 4.69) is 4.98 Å². The van der Waals surface area contributed by atoms with Gasteiger partial charge in [-0.2, -0.15) is 0 Å². The summed E-state index contributed by atoms with van der Waals surface area (Å²) < 4.78 is 19.1. The molecule has 24 heavy (non-hydrogen) atoms. The third-order valence-electron chi connectivity index (χ3n) is 4.44. The van der Waals surface area contributed by atoms with Crippen LogP contribution in [-0.4, -0.2) is 11.0 Å². The van der Waals surface area contributed by atoms with Crippen molar-refractivity contribution in [3.05, 3.63) is 76.7 Å². The number of nitrogens with zero attached hydrogens (tertiary/aromatic N) is 1. The number of carbonyl (C=O) groups is 1. The van der Waals surface area contributed by atoms with Crippen LogP contribution in [0.5, 0.6) is 0 Å². The zero-order chi connectivity index (χ0) is 16.5. The van der Waals surface area contributed by atoms with Crippen molar-refractivity contribution in [2.45, 2.75) is 25.9 Å². The highest BCUT2D eigenvalue weighted by Crippen LogP contribution is 2.30. The monoisotopic (exact) mass is 321 g/mol. The second-order valence-corrected chi connectivity index (χ2v) is 5.95. The highest BCUT2D eigenvalue weighted by Gasteiger charge is 2.24. The molecule has 0 aliphatic heterocycles. The normalized spacial score (nSPS) is 13.0. The summed E-state index contributed by atoms with van der Waals surface area (Å²) in [5, 5.41) is 0.802. The maximum absolute atomic E-state index is 13.7. The number of benzene rings is 2. The second-order valence-electron chi connectivity index (χ2n) is 5.95. The standard InChI is InChI=1S/C20H16FNO2/c21-16-9-3-1-6-13(16)12-24-20(23)19-14-7-2-4-10-17(14)22-18-11-5-8-15(18)19/h1-4,6-7,9-10H,5,8,11-12H2. The van der Waals surface area contributed by atoms with Gasteiger partial charge in [-0.3, -0.25) is 4.98 Å². The van der Waals surface area contributed by atoms with Gasteiger partial charge in [0.05, 0.1) is 11.1 Å². The van der Waals surface area contributed by atoms with Crippen LogP contribution in [-0.2, 0) is 24.2 Å². The molecule has 4 heteroatoms. The molecular formula is C20H16FNO2. The summed E-state index contributed by atoms with van der Waals surface area (Å²) in [4.78, 5) is 17.4. The van der Waals surface area contributed by atoms with Crippen molar-refractivity contribution in [2.75, 3.05) is 0 Å². The van der Waals surface area contributed by atoms with E-state index in [1.54, 1.807) is 18.2 Å². The first kappa shape index (κ1) is 14.8. The smallest absolute Gasteiger partial charge is 0.339 e. The lowest BCUT2D eigenvalue weighted by molar-refractivity contribution is 0.0470. The number of halogens is 1. The van der Waals surface area contributed by atoms with E-state index >= 15 is 0 Å². The topological polar surface area (TPSA) is 39.2 Å². The van der Waals surface area contributed by atoms with Gasteiger partial charge in [0.1, 0.15) is 12.4 Å². The van der Waals surface area contributed by atoms with Crippen LogP contribution < -0.4 is 0 Å². The lowest BCUT2D eigenvalue weighted by atomic mass is 10.0. The van der Waals surface area contributed by atoms with E-state index in [-0.39, 0.29) is 12.4 Å². The Kier molecular flexibility index (Phi) is 3.73. The molecule has 0 saturated carbocycles. The molecule has 0 unspecified atom stereocenters. The average molecular weight is 321 g/mol. The summed E-state index contributed by atoms with van der Waals surface area (Å²) >= 11 is 0. The Morgan fingerprint density at radius 1 is 1.08 bits per heavy atom. The average Bonchev–Trinajstić information content (AvgIpc) is 3.06. The Balaban J connectivity index is 1.71. The van der Waals surface area contributed by atoms with E-state index < -0.39 is 5.97 Å². The van der Waals surface area contributed by atoms with Gasteiger partial charge in [-0.05, 0) is 37.0 Å². The van der Waals surface area contributed by atoms with Gasteiger partial charge in [-0.15, -0.1) is 0 Å². The Bertz CT molecular complexity index is 936. The van der Waals surface area contributed by atoms with Crippen molar-refractivity contribution >= 4 is 16.9 Å². The molecule has 0 amide bonds. The first-order valence-electron chi connectivity index (χ1n) is 8.05. The number of hydrogen-bond acceptors (Lipinski definition) is 3. The number of aromatic nitrogens is 1. The quantitative estimate of drug-likeness (QED) is 0.678. The minimum Gasteiger partial charge on any atom is -0.457 e. The Morgan fingerprint density at radius 3 is 2.75 bits per heavy atom. The summed E-state index contributed by atoms with van der Waals surface area (Å²) in [5.74, 6) is -0.773. The molecular weight excluding hydrogens is 305 g/mol. The van der Waals surface area contributed by atoms with Crippen LogP contribution in [0.2, 0.25) is 0 Å². The number of aryl methyl sites for hydroxylation is 1. The van der Waals surface area contributed by atoms with Gasteiger partial charge in [-0.25, -0.2) is 9.18 Å². The van der Waals surface area contributed by atoms with Crippen LogP contribution in [0.4, 0.5) is 4.39 Å². The van der Waals surface area contributed by atoms with Crippen molar-refractivity contribution in [3.8, 4) is 0 Å². The number of fused-ring (bicyclic) bond motifs is 2. The van der Waals surface area contributed by atoms with Gasteiger partial charge in [-0.1, -0.05) is 36.4 Å². The molecule has 120 valence electrons. The summed E-state index contributed by atoms with van der Waals surface area (Å²) in [7, 11) is 0. The van der Waals surface area contributed by atoms with Crippen molar-refractivity contribution in [1.29, 1.82) is 0 Å². The first-order chi connectivity index (χ1) is 11.7. The van der Waals surface area contributed by atoms with Gasteiger partial charge in [0.25, 0.3) is 0 Å². The van der Waals surface area contributed by atoms with Crippen LogP contribution >= 0.6 is 0 Å². The first-order valence-corrected chi connectivity index (χ1v) is 8.05. The molecule has 1 aliphatic rings. The van der Waals surface area contributed by atoms with E-state index in [1.807, 2.05) is 24.3 Å². The number of ether oxygens (including phenoxy) is 1. The third kappa shape index (κ3) is 2.54. The van der Waals surface area contributed by atoms with Crippen LogP contribution in [0.1, 0.15) is 33.6 Å². The highest BCUT2D eigenvalue weighted by atomic mass is 19.1.